The number of carbonyl (C=O) groups excluding carboxylic acids is 2. The van der Waals surface area contributed by atoms with E-state index in [1.165, 1.54) is 28.2 Å². The first-order valence-corrected chi connectivity index (χ1v) is 10.2. The number of nitrogens with one attached hydrogen (secondary N) is 2. The summed E-state index contributed by atoms with van der Waals surface area (Å²) in [6.07, 6.45) is 4.47. The number of imidazole rings is 1. The number of aryl methyl sites for hydroxylation is 4. The molecule has 1 aliphatic rings. The monoisotopic (exact) mass is 398 g/mol. The highest BCUT2D eigenvalue weighted by molar-refractivity contribution is 7.14. The van der Waals surface area contributed by atoms with Crippen LogP contribution in [0.3, 0.4) is 0 Å². The number of thiophene rings is 1. The molecule has 1 aliphatic carbocycles. The van der Waals surface area contributed by atoms with Gasteiger partial charge in [-0.15, -0.1) is 11.3 Å². The summed E-state index contributed by atoms with van der Waals surface area (Å²) in [6, 6.07) is 9.38. The van der Waals surface area contributed by atoms with Gasteiger partial charge >= 0.3 is 5.69 Å². The number of amides is 2. The average molecular weight is 398 g/mol. The number of fused-ring (bicyclic) bond motifs is 2. The molecule has 3 aromatic rings. The minimum atomic E-state index is -0.338. The van der Waals surface area contributed by atoms with Crippen LogP contribution in [0.1, 0.15) is 39.4 Å². The molecule has 2 amide bonds. The fourth-order valence-electron chi connectivity index (χ4n) is 3.65. The highest BCUT2D eigenvalue weighted by Crippen LogP contribution is 2.29. The number of aromatic nitrogens is 2. The van der Waals surface area contributed by atoms with E-state index in [1.807, 2.05) is 30.3 Å². The molecular formula is C20H22N4O3S. The van der Waals surface area contributed by atoms with Gasteiger partial charge in [0.1, 0.15) is 0 Å². The lowest BCUT2D eigenvalue weighted by atomic mass is 9.99. The predicted molar refractivity (Wildman–Crippen MR) is 108 cm³/mol. The van der Waals surface area contributed by atoms with Crippen molar-refractivity contribution in [2.75, 3.05) is 0 Å². The van der Waals surface area contributed by atoms with Gasteiger partial charge in [0.05, 0.1) is 15.9 Å². The summed E-state index contributed by atoms with van der Waals surface area (Å²) >= 11 is 1.50. The molecule has 0 spiro atoms. The molecule has 8 heteroatoms. The molecule has 4 rings (SSSR count). The van der Waals surface area contributed by atoms with E-state index in [9.17, 15) is 14.4 Å². The topological polar surface area (TPSA) is 85.1 Å². The van der Waals surface area contributed by atoms with Crippen molar-refractivity contribution < 1.29 is 9.59 Å². The van der Waals surface area contributed by atoms with Crippen molar-refractivity contribution in [3.8, 4) is 0 Å². The van der Waals surface area contributed by atoms with Crippen LogP contribution >= 0.6 is 11.3 Å². The molecule has 0 saturated heterocycles. The molecule has 0 saturated carbocycles. The number of benzene rings is 1. The van der Waals surface area contributed by atoms with Crippen LogP contribution in [0.4, 0.5) is 0 Å². The third-order valence-electron chi connectivity index (χ3n) is 5.15. The Morgan fingerprint density at radius 2 is 1.86 bits per heavy atom. The van der Waals surface area contributed by atoms with Crippen LogP contribution in [0.2, 0.25) is 0 Å². The number of carbonyl (C=O) groups is 2. The summed E-state index contributed by atoms with van der Waals surface area (Å²) in [5.74, 6) is -0.635. The number of hydrogen-bond acceptors (Lipinski definition) is 4. The lowest BCUT2D eigenvalue weighted by Crippen LogP contribution is -2.41. The average Bonchev–Trinajstić information content (AvgIpc) is 3.25. The Morgan fingerprint density at radius 1 is 1.11 bits per heavy atom. The van der Waals surface area contributed by atoms with Gasteiger partial charge in [-0.05, 0) is 49.4 Å². The van der Waals surface area contributed by atoms with Gasteiger partial charge < -0.3 is 0 Å². The zero-order chi connectivity index (χ0) is 19.7. The van der Waals surface area contributed by atoms with Crippen LogP contribution in [0, 0.1) is 0 Å². The maximum Gasteiger partial charge on any atom is 0.328 e. The Balaban J connectivity index is 1.35. The molecule has 1 aromatic carbocycles. The van der Waals surface area contributed by atoms with E-state index in [0.717, 1.165) is 30.3 Å². The van der Waals surface area contributed by atoms with Crippen LogP contribution in [-0.4, -0.2) is 20.9 Å². The Labute approximate surface area is 165 Å². The molecule has 28 heavy (non-hydrogen) atoms. The maximum absolute atomic E-state index is 12.4. The number of hydrogen-bond donors (Lipinski definition) is 2. The van der Waals surface area contributed by atoms with Gasteiger partial charge in [0, 0.05) is 24.9 Å². The molecule has 0 radical (unpaired) electrons. The number of rotatable bonds is 4. The van der Waals surface area contributed by atoms with Crippen molar-refractivity contribution in [3.63, 3.8) is 0 Å². The Hall–Kier alpha value is -2.87. The molecular weight excluding hydrogens is 376 g/mol. The zero-order valence-corrected chi connectivity index (χ0v) is 16.5. The molecule has 0 atom stereocenters. The largest absolute Gasteiger partial charge is 0.328 e. The Morgan fingerprint density at radius 3 is 2.64 bits per heavy atom. The standard InChI is InChI=1S/C20H22N4O3S/c1-23-14-7-3-4-8-15(14)24(20(23)27)11-10-18(25)21-22-19(26)17-12-13-6-2-5-9-16(13)28-17/h3-4,7-8,12H,2,5-6,9-11H2,1H3,(H,21,25)(H,22,26). The van der Waals surface area contributed by atoms with Crippen LogP contribution in [0.5, 0.6) is 0 Å². The number of nitrogens with zero attached hydrogens (tertiary/aromatic N) is 2. The summed E-state index contributed by atoms with van der Waals surface area (Å²) in [5.41, 5.74) is 7.63. The first-order chi connectivity index (χ1) is 13.5. The SMILES string of the molecule is Cn1c(=O)n(CCC(=O)NNC(=O)c2cc3c(s2)CCCC3)c2ccccc21. The molecule has 0 fully saturated rings. The minimum Gasteiger partial charge on any atom is -0.295 e. The molecule has 2 aromatic heterocycles. The van der Waals surface area contributed by atoms with Gasteiger partial charge in [-0.3, -0.25) is 29.6 Å². The van der Waals surface area contributed by atoms with E-state index in [2.05, 4.69) is 10.9 Å². The Kier molecular flexibility index (Phi) is 5.04. The minimum absolute atomic E-state index is 0.0924. The van der Waals surface area contributed by atoms with E-state index in [4.69, 9.17) is 0 Å². The molecule has 0 aliphatic heterocycles. The van der Waals surface area contributed by atoms with Crippen molar-refractivity contribution in [1.82, 2.24) is 20.0 Å². The zero-order valence-electron chi connectivity index (χ0n) is 15.7. The molecule has 0 bridgehead atoms. The van der Waals surface area contributed by atoms with Crippen LogP contribution in [0.15, 0.2) is 35.1 Å². The van der Waals surface area contributed by atoms with E-state index in [0.29, 0.717) is 4.88 Å². The van der Waals surface area contributed by atoms with Crippen molar-refractivity contribution in [3.05, 3.63) is 56.1 Å². The van der Waals surface area contributed by atoms with Crippen molar-refractivity contribution in [2.24, 2.45) is 7.05 Å². The predicted octanol–water partition coefficient (Wildman–Crippen LogP) is 2.13. The Bertz CT molecular complexity index is 1090. The van der Waals surface area contributed by atoms with Gasteiger partial charge in [-0.1, -0.05) is 12.1 Å². The van der Waals surface area contributed by atoms with E-state index in [-0.39, 0.29) is 30.5 Å². The quantitative estimate of drug-likeness (QED) is 0.660. The lowest BCUT2D eigenvalue weighted by molar-refractivity contribution is -0.122. The first kappa shape index (κ1) is 18.5. The molecule has 2 heterocycles. The van der Waals surface area contributed by atoms with Gasteiger partial charge in [-0.2, -0.15) is 0 Å². The van der Waals surface area contributed by atoms with Crippen molar-refractivity contribution in [1.29, 1.82) is 0 Å². The second kappa shape index (κ2) is 7.63. The lowest BCUT2D eigenvalue weighted by Gasteiger charge is -2.08. The molecule has 7 nitrogen and oxygen atoms in total. The van der Waals surface area contributed by atoms with Gasteiger partial charge in [0.15, 0.2) is 0 Å². The summed E-state index contributed by atoms with van der Waals surface area (Å²) < 4.78 is 3.14. The van der Waals surface area contributed by atoms with Crippen LogP contribution in [-0.2, 0) is 31.2 Å². The second-order valence-corrected chi connectivity index (χ2v) is 8.14. The summed E-state index contributed by atoms with van der Waals surface area (Å²) in [5, 5.41) is 0. The normalized spacial score (nSPS) is 13.3. The van der Waals surface area contributed by atoms with Crippen molar-refractivity contribution >= 4 is 34.2 Å². The molecule has 0 unspecified atom stereocenters. The first-order valence-electron chi connectivity index (χ1n) is 9.39. The van der Waals surface area contributed by atoms with E-state index in [1.54, 1.807) is 16.2 Å². The fraction of sp³-hybridized carbons (Fsp3) is 0.350. The van der Waals surface area contributed by atoms with Crippen LogP contribution in [0.25, 0.3) is 11.0 Å². The highest BCUT2D eigenvalue weighted by Gasteiger charge is 2.18. The number of hydrazine groups is 1. The fourth-order valence-corrected chi connectivity index (χ4v) is 4.79. The molecule has 2 N–H and O–H groups in total. The molecule has 146 valence electrons. The third-order valence-corrected chi connectivity index (χ3v) is 6.39. The maximum atomic E-state index is 12.4. The van der Waals surface area contributed by atoms with E-state index >= 15 is 0 Å². The second-order valence-electron chi connectivity index (χ2n) is 7.00. The van der Waals surface area contributed by atoms with Crippen molar-refractivity contribution in [2.45, 2.75) is 38.6 Å². The van der Waals surface area contributed by atoms with Gasteiger partial charge in [-0.25, -0.2) is 4.79 Å². The smallest absolute Gasteiger partial charge is 0.295 e. The summed E-state index contributed by atoms with van der Waals surface area (Å²) in [4.78, 5) is 38.7. The van der Waals surface area contributed by atoms with Crippen LogP contribution < -0.4 is 16.5 Å². The number of para-hydroxylation sites is 2. The summed E-state index contributed by atoms with van der Waals surface area (Å²) in [7, 11) is 1.71. The summed E-state index contributed by atoms with van der Waals surface area (Å²) in [6.45, 7) is 0.245. The van der Waals surface area contributed by atoms with Gasteiger partial charge in [0.2, 0.25) is 5.91 Å². The highest BCUT2D eigenvalue weighted by atomic mass is 32.1. The third kappa shape index (κ3) is 3.47. The van der Waals surface area contributed by atoms with Gasteiger partial charge in [0.25, 0.3) is 5.91 Å². The van der Waals surface area contributed by atoms with E-state index < -0.39 is 0 Å².